The van der Waals surface area contributed by atoms with E-state index in [9.17, 15) is 24.3 Å². The number of nitrogens with zero attached hydrogens (tertiary/aromatic N) is 3. The number of Topliss-reactive ketones (excluding diaryl/α,β-unsaturated/α-hetero) is 1. The maximum absolute atomic E-state index is 13.6. The largest absolute Gasteiger partial charge is 0.481 e. The van der Waals surface area contributed by atoms with Gasteiger partial charge in [0.25, 0.3) is 0 Å². The van der Waals surface area contributed by atoms with Gasteiger partial charge in [-0.25, -0.2) is 0 Å². The van der Waals surface area contributed by atoms with Crippen molar-refractivity contribution in [3.63, 3.8) is 0 Å². The summed E-state index contributed by atoms with van der Waals surface area (Å²) in [6.45, 7) is 5.64. The Bertz CT molecular complexity index is 1430. The minimum atomic E-state index is -0.772. The zero-order chi connectivity index (χ0) is 29.1. The molecule has 2 amide bonds. The highest BCUT2D eigenvalue weighted by Gasteiger charge is 2.34. The number of likely N-dealkylation sites (tertiary alicyclic amines) is 1. The molecule has 1 saturated heterocycles. The number of amides is 2. The summed E-state index contributed by atoms with van der Waals surface area (Å²) >= 11 is 1.57. The van der Waals surface area contributed by atoms with E-state index >= 15 is 0 Å². The number of aliphatic carboxylic acids is 1. The molecule has 2 aliphatic rings. The minimum absolute atomic E-state index is 0.0452. The van der Waals surface area contributed by atoms with Gasteiger partial charge in [0.1, 0.15) is 6.54 Å². The van der Waals surface area contributed by atoms with Crippen molar-refractivity contribution in [1.82, 2.24) is 9.47 Å². The number of hydrogen-bond donors (Lipinski definition) is 1. The first kappa shape index (κ1) is 29.0. The maximum Gasteiger partial charge on any atom is 0.306 e. The molecular formula is C32H39N3O5S. The number of piperidine rings is 1. The standard InChI is InChI=1S/C32H39N3O5S/c1-3-34(25-6-4-5-21(2)17-25)30(37)20-35-26-13-16-41-29(26)19-27(35)28(36)18-22-7-9-23(10-8-22)31(38)33-14-11-24(12-15-33)32(39)40/h4-6,13,16-17,19,22-24H,3,7-12,14-15,18,20H2,1-2H3,(H,39,40). The Morgan fingerprint density at radius 2 is 1.71 bits per heavy atom. The third-order valence-electron chi connectivity index (χ3n) is 8.86. The molecule has 0 spiro atoms. The van der Waals surface area contributed by atoms with Gasteiger partial charge in [-0.1, -0.05) is 12.1 Å². The normalized spacial score (nSPS) is 19.8. The molecule has 0 bridgehead atoms. The lowest BCUT2D eigenvalue weighted by molar-refractivity contribution is -0.147. The molecule has 2 fully saturated rings. The molecule has 1 saturated carbocycles. The molecule has 3 aromatic rings. The van der Waals surface area contributed by atoms with Gasteiger partial charge in [0.15, 0.2) is 5.78 Å². The van der Waals surface area contributed by atoms with Gasteiger partial charge in [-0.05, 0) is 93.5 Å². The Labute approximate surface area is 244 Å². The summed E-state index contributed by atoms with van der Waals surface area (Å²) in [6, 6.07) is 11.8. The first-order chi connectivity index (χ1) is 19.7. The Morgan fingerprint density at radius 3 is 2.37 bits per heavy atom. The lowest BCUT2D eigenvalue weighted by Crippen LogP contribution is -2.43. The number of thiophene rings is 1. The maximum atomic E-state index is 13.6. The molecule has 1 aromatic carbocycles. The third kappa shape index (κ3) is 6.40. The molecule has 218 valence electrons. The number of aryl methyl sites for hydroxylation is 1. The number of carboxylic acids is 1. The number of hydrogen-bond acceptors (Lipinski definition) is 5. The Hall–Kier alpha value is -3.46. The summed E-state index contributed by atoms with van der Waals surface area (Å²) in [4.78, 5) is 55.0. The van der Waals surface area contributed by atoms with Crippen LogP contribution in [0.5, 0.6) is 0 Å². The fourth-order valence-electron chi connectivity index (χ4n) is 6.48. The zero-order valence-corrected chi connectivity index (χ0v) is 24.7. The average molecular weight is 578 g/mol. The van der Waals surface area contributed by atoms with Crippen LogP contribution in [0, 0.1) is 24.7 Å². The fourth-order valence-corrected chi connectivity index (χ4v) is 7.31. The van der Waals surface area contributed by atoms with Gasteiger partial charge in [-0.15, -0.1) is 11.3 Å². The van der Waals surface area contributed by atoms with Gasteiger partial charge in [-0.2, -0.15) is 0 Å². The van der Waals surface area contributed by atoms with Gasteiger partial charge in [0, 0.05) is 37.7 Å². The fraction of sp³-hybridized carbons (Fsp3) is 0.500. The number of aromatic nitrogens is 1. The van der Waals surface area contributed by atoms with Crippen LogP contribution in [-0.2, 0) is 20.9 Å². The van der Waals surface area contributed by atoms with Crippen molar-refractivity contribution >= 4 is 50.8 Å². The van der Waals surface area contributed by atoms with Crippen molar-refractivity contribution in [2.75, 3.05) is 24.5 Å². The Kier molecular flexibility index (Phi) is 8.92. The lowest BCUT2D eigenvalue weighted by Gasteiger charge is -2.35. The number of anilines is 1. The van der Waals surface area contributed by atoms with E-state index < -0.39 is 5.97 Å². The van der Waals surface area contributed by atoms with Crippen LogP contribution in [-0.4, -0.2) is 57.8 Å². The Balaban J connectivity index is 1.21. The van der Waals surface area contributed by atoms with Gasteiger partial charge >= 0.3 is 5.97 Å². The van der Waals surface area contributed by atoms with Crippen LogP contribution in [0.15, 0.2) is 41.8 Å². The lowest BCUT2D eigenvalue weighted by atomic mass is 9.78. The SMILES string of the molecule is CCN(C(=O)Cn1c(C(=O)CC2CCC(C(=O)N3CCC(C(=O)O)CC3)CC2)cc2sccc21)c1cccc(C)c1. The second-order valence-electron chi connectivity index (χ2n) is 11.5. The molecule has 8 nitrogen and oxygen atoms in total. The minimum Gasteiger partial charge on any atom is -0.481 e. The molecule has 0 atom stereocenters. The number of likely N-dealkylation sites (N-methyl/N-ethyl adjacent to an activating group) is 1. The van der Waals surface area contributed by atoms with E-state index in [1.54, 1.807) is 16.2 Å². The highest BCUT2D eigenvalue weighted by atomic mass is 32.1. The topological polar surface area (TPSA) is 99.9 Å². The molecule has 9 heteroatoms. The smallest absolute Gasteiger partial charge is 0.306 e. The summed E-state index contributed by atoms with van der Waals surface area (Å²) in [5.74, 6) is -0.825. The molecule has 2 aromatic heterocycles. The van der Waals surface area contributed by atoms with Crippen LogP contribution in [0.25, 0.3) is 10.2 Å². The molecular weight excluding hydrogens is 538 g/mol. The predicted octanol–water partition coefficient (Wildman–Crippen LogP) is 5.77. The van der Waals surface area contributed by atoms with E-state index in [1.807, 2.05) is 65.1 Å². The second-order valence-corrected chi connectivity index (χ2v) is 12.5. The molecule has 1 aliphatic carbocycles. The third-order valence-corrected chi connectivity index (χ3v) is 9.71. The highest BCUT2D eigenvalue weighted by Crippen LogP contribution is 2.35. The van der Waals surface area contributed by atoms with Gasteiger partial charge in [0.2, 0.25) is 11.8 Å². The van der Waals surface area contributed by atoms with Crippen molar-refractivity contribution < 1.29 is 24.3 Å². The van der Waals surface area contributed by atoms with Crippen molar-refractivity contribution in [3.8, 4) is 0 Å². The van der Waals surface area contributed by atoms with Crippen molar-refractivity contribution in [3.05, 3.63) is 53.0 Å². The quantitative estimate of drug-likeness (QED) is 0.326. The number of benzene rings is 1. The van der Waals surface area contributed by atoms with Crippen LogP contribution in [0.2, 0.25) is 0 Å². The molecule has 0 unspecified atom stereocenters. The second kappa shape index (κ2) is 12.6. The Morgan fingerprint density at radius 1 is 0.976 bits per heavy atom. The van der Waals surface area contributed by atoms with Crippen LogP contribution in [0.4, 0.5) is 5.69 Å². The average Bonchev–Trinajstić information content (AvgIpc) is 3.56. The first-order valence-electron chi connectivity index (χ1n) is 14.7. The number of rotatable bonds is 9. The number of carbonyl (C=O) groups excluding carboxylic acids is 3. The summed E-state index contributed by atoms with van der Waals surface area (Å²) < 4.78 is 2.88. The van der Waals surface area contributed by atoms with E-state index in [-0.39, 0.29) is 41.9 Å². The molecule has 5 rings (SSSR count). The van der Waals surface area contributed by atoms with Crippen LogP contribution in [0.3, 0.4) is 0 Å². The monoisotopic (exact) mass is 577 g/mol. The van der Waals surface area contributed by atoms with Crippen molar-refractivity contribution in [2.45, 2.75) is 65.3 Å². The number of carboxylic acid groups (broad SMARTS) is 1. The first-order valence-corrected chi connectivity index (χ1v) is 15.6. The van der Waals surface area contributed by atoms with Crippen LogP contribution < -0.4 is 4.90 Å². The van der Waals surface area contributed by atoms with Gasteiger partial charge in [-0.3, -0.25) is 19.2 Å². The van der Waals surface area contributed by atoms with E-state index in [4.69, 9.17) is 0 Å². The summed E-state index contributed by atoms with van der Waals surface area (Å²) in [7, 11) is 0. The van der Waals surface area contributed by atoms with E-state index in [0.717, 1.165) is 47.2 Å². The molecule has 1 aliphatic heterocycles. The van der Waals surface area contributed by atoms with Gasteiger partial charge < -0.3 is 19.5 Å². The number of carbonyl (C=O) groups is 4. The molecule has 41 heavy (non-hydrogen) atoms. The summed E-state index contributed by atoms with van der Waals surface area (Å²) in [6.07, 6.45) is 4.60. The molecule has 0 radical (unpaired) electrons. The molecule has 3 heterocycles. The van der Waals surface area contributed by atoms with Crippen molar-refractivity contribution in [1.29, 1.82) is 0 Å². The molecule has 1 N–H and O–H groups in total. The summed E-state index contributed by atoms with van der Waals surface area (Å²) in [5, 5.41) is 11.2. The summed E-state index contributed by atoms with van der Waals surface area (Å²) in [5.41, 5.74) is 3.44. The van der Waals surface area contributed by atoms with E-state index in [2.05, 4.69) is 0 Å². The zero-order valence-electron chi connectivity index (χ0n) is 23.9. The van der Waals surface area contributed by atoms with E-state index in [1.165, 1.54) is 0 Å². The predicted molar refractivity (Wildman–Crippen MR) is 160 cm³/mol. The van der Waals surface area contributed by atoms with Crippen LogP contribution >= 0.6 is 11.3 Å². The van der Waals surface area contributed by atoms with E-state index in [0.29, 0.717) is 44.6 Å². The van der Waals surface area contributed by atoms with Crippen LogP contribution in [0.1, 0.15) is 67.9 Å². The van der Waals surface area contributed by atoms with Crippen molar-refractivity contribution in [2.24, 2.45) is 17.8 Å². The highest BCUT2D eigenvalue weighted by molar-refractivity contribution is 7.17. The number of fused-ring (bicyclic) bond motifs is 1. The van der Waals surface area contributed by atoms with Gasteiger partial charge in [0.05, 0.1) is 21.8 Å². The number of ketones is 1.